The number of hydrogen-bond acceptors (Lipinski definition) is 4. The van der Waals surface area contributed by atoms with E-state index in [1.54, 1.807) is 13.8 Å². The molecule has 1 fully saturated rings. The zero-order valence-electron chi connectivity index (χ0n) is 15.7. The van der Waals surface area contributed by atoms with Crippen LogP contribution in [-0.2, 0) is 4.74 Å². The van der Waals surface area contributed by atoms with E-state index in [2.05, 4.69) is 0 Å². The van der Waals surface area contributed by atoms with Crippen molar-refractivity contribution < 1.29 is 18.7 Å². The molecule has 3 aromatic rings. The van der Waals surface area contributed by atoms with E-state index in [-0.39, 0.29) is 17.9 Å². The van der Waals surface area contributed by atoms with Crippen LogP contribution in [0.5, 0.6) is 5.75 Å². The third kappa shape index (κ3) is 3.66. The number of fused-ring (bicyclic) bond motifs is 1. The quantitative estimate of drug-likeness (QED) is 0.457. The van der Waals surface area contributed by atoms with Crippen molar-refractivity contribution in [2.75, 3.05) is 6.61 Å². The van der Waals surface area contributed by atoms with Gasteiger partial charge in [-0.05, 0) is 68.1 Å². The van der Waals surface area contributed by atoms with E-state index < -0.39 is 0 Å². The van der Waals surface area contributed by atoms with Gasteiger partial charge in [0, 0.05) is 22.1 Å². The third-order valence-corrected chi connectivity index (χ3v) is 6.59. The first-order chi connectivity index (χ1) is 13.4. The molecule has 1 aromatic heterocycles. The molecule has 0 radical (unpaired) electrons. The van der Waals surface area contributed by atoms with E-state index in [9.17, 15) is 9.18 Å². The van der Waals surface area contributed by atoms with Crippen LogP contribution in [0, 0.1) is 19.7 Å². The van der Waals surface area contributed by atoms with Gasteiger partial charge < -0.3 is 9.47 Å². The smallest absolute Gasteiger partial charge is 0.205 e. The summed E-state index contributed by atoms with van der Waals surface area (Å²) in [6.45, 7) is 4.19. The van der Waals surface area contributed by atoms with Crippen LogP contribution in [0.1, 0.15) is 45.6 Å². The second-order valence-electron chi connectivity index (χ2n) is 7.06. The summed E-state index contributed by atoms with van der Waals surface area (Å²) in [6.07, 6.45) is 2.79. The molecule has 1 aliphatic heterocycles. The molecule has 2 heterocycles. The molecule has 0 bridgehead atoms. The number of carbonyl (C=O) groups excluding carboxylic acids is 1. The van der Waals surface area contributed by atoms with Crippen LogP contribution in [0.4, 0.5) is 4.39 Å². The molecule has 6 heteroatoms. The number of hydrogen-bond donors (Lipinski definition) is 0. The highest BCUT2D eigenvalue weighted by molar-refractivity contribution is 7.21. The number of carbonyl (C=O) groups is 1. The van der Waals surface area contributed by atoms with Gasteiger partial charge in [0.15, 0.2) is 6.29 Å². The van der Waals surface area contributed by atoms with E-state index in [1.165, 1.54) is 23.5 Å². The summed E-state index contributed by atoms with van der Waals surface area (Å²) in [5, 5.41) is 1.23. The minimum absolute atomic E-state index is 0.181. The summed E-state index contributed by atoms with van der Waals surface area (Å²) in [4.78, 5) is 13.6. The first-order valence-corrected chi connectivity index (χ1v) is 10.4. The molecule has 4 rings (SSSR count). The molecule has 1 aliphatic rings. The molecule has 28 heavy (non-hydrogen) atoms. The monoisotopic (exact) mass is 418 g/mol. The SMILES string of the molecule is Cc1cc(F)cc(C)c1C(=O)c1sc2cc(OC3CCCCO3)ccc2c1Cl. The third-order valence-electron chi connectivity index (χ3n) is 4.94. The van der Waals surface area contributed by atoms with E-state index in [4.69, 9.17) is 21.1 Å². The van der Waals surface area contributed by atoms with E-state index in [1.807, 2.05) is 18.2 Å². The summed E-state index contributed by atoms with van der Waals surface area (Å²) in [6, 6.07) is 8.36. The van der Waals surface area contributed by atoms with Crippen molar-refractivity contribution in [2.45, 2.75) is 39.4 Å². The Morgan fingerprint density at radius 1 is 1.21 bits per heavy atom. The number of ketones is 1. The average molecular weight is 419 g/mol. The fourth-order valence-corrected chi connectivity index (χ4v) is 5.09. The Morgan fingerprint density at radius 3 is 2.64 bits per heavy atom. The fourth-order valence-electron chi connectivity index (χ4n) is 3.60. The van der Waals surface area contributed by atoms with Gasteiger partial charge in [0.2, 0.25) is 5.78 Å². The highest BCUT2D eigenvalue weighted by atomic mass is 35.5. The molecular formula is C22H20ClFO3S. The Hall–Kier alpha value is -1.95. The van der Waals surface area contributed by atoms with Crippen LogP contribution in [0.25, 0.3) is 10.1 Å². The number of thiophene rings is 1. The summed E-state index contributed by atoms with van der Waals surface area (Å²) < 4.78 is 26.0. The van der Waals surface area contributed by atoms with Gasteiger partial charge in [-0.15, -0.1) is 11.3 Å². The van der Waals surface area contributed by atoms with Gasteiger partial charge in [0.25, 0.3) is 0 Å². The van der Waals surface area contributed by atoms with E-state index in [0.717, 1.165) is 29.3 Å². The van der Waals surface area contributed by atoms with Crippen LogP contribution in [-0.4, -0.2) is 18.7 Å². The van der Waals surface area contributed by atoms with E-state index in [0.29, 0.717) is 38.9 Å². The number of rotatable bonds is 4. The van der Waals surface area contributed by atoms with Crippen LogP contribution in [0.3, 0.4) is 0 Å². The maximum atomic E-state index is 13.6. The normalized spacial score (nSPS) is 17.1. The lowest BCUT2D eigenvalue weighted by atomic mass is 9.98. The lowest BCUT2D eigenvalue weighted by molar-refractivity contribution is -0.105. The van der Waals surface area contributed by atoms with Crippen molar-refractivity contribution >= 4 is 38.8 Å². The molecule has 1 atom stereocenters. The molecule has 0 saturated carbocycles. The van der Waals surface area contributed by atoms with Crippen molar-refractivity contribution in [3.8, 4) is 5.75 Å². The minimum atomic E-state index is -0.347. The number of halogens is 2. The number of ether oxygens (including phenoxy) is 2. The summed E-state index contributed by atoms with van der Waals surface area (Å²) in [5.41, 5.74) is 1.71. The standard InChI is InChI=1S/C22H20ClFO3S/c1-12-9-14(24)10-13(2)19(12)21(25)22-20(23)16-7-6-15(11-17(16)28-22)27-18-5-3-4-8-26-18/h6-7,9-11,18H,3-5,8H2,1-2H3. The first kappa shape index (κ1) is 19.4. The van der Waals surface area contributed by atoms with Gasteiger partial charge in [-0.25, -0.2) is 4.39 Å². The van der Waals surface area contributed by atoms with Crippen molar-refractivity contribution in [3.05, 3.63) is 62.7 Å². The van der Waals surface area contributed by atoms with Gasteiger partial charge in [-0.3, -0.25) is 4.79 Å². The van der Waals surface area contributed by atoms with Gasteiger partial charge in [-0.1, -0.05) is 11.6 Å². The average Bonchev–Trinajstić information content (AvgIpc) is 2.98. The molecule has 0 N–H and O–H groups in total. The molecule has 0 spiro atoms. The summed E-state index contributed by atoms with van der Waals surface area (Å²) >= 11 is 7.86. The zero-order valence-corrected chi connectivity index (χ0v) is 17.3. The van der Waals surface area contributed by atoms with Crippen molar-refractivity contribution in [3.63, 3.8) is 0 Å². The molecule has 0 amide bonds. The van der Waals surface area contributed by atoms with Gasteiger partial charge in [0.1, 0.15) is 11.6 Å². The van der Waals surface area contributed by atoms with Crippen LogP contribution in [0.2, 0.25) is 5.02 Å². The Kier molecular flexibility index (Phi) is 5.41. The Labute approximate surface area is 172 Å². The summed E-state index contributed by atoms with van der Waals surface area (Å²) in [7, 11) is 0. The molecular weight excluding hydrogens is 399 g/mol. The zero-order chi connectivity index (χ0) is 19.8. The van der Waals surface area contributed by atoms with Gasteiger partial charge in [0.05, 0.1) is 16.5 Å². The molecule has 0 aliphatic carbocycles. The minimum Gasteiger partial charge on any atom is -0.465 e. The van der Waals surface area contributed by atoms with Gasteiger partial charge in [-0.2, -0.15) is 0 Å². The maximum Gasteiger partial charge on any atom is 0.205 e. The lowest BCUT2D eigenvalue weighted by Crippen LogP contribution is -2.24. The highest BCUT2D eigenvalue weighted by Gasteiger charge is 2.23. The summed E-state index contributed by atoms with van der Waals surface area (Å²) in [5.74, 6) is 0.172. The van der Waals surface area contributed by atoms with Gasteiger partial charge >= 0.3 is 0 Å². The fraction of sp³-hybridized carbons (Fsp3) is 0.318. The molecule has 2 aromatic carbocycles. The predicted molar refractivity (Wildman–Crippen MR) is 110 cm³/mol. The van der Waals surface area contributed by atoms with Crippen molar-refractivity contribution in [1.82, 2.24) is 0 Å². The Balaban J connectivity index is 1.68. The van der Waals surface area contributed by atoms with Crippen LogP contribution < -0.4 is 4.74 Å². The van der Waals surface area contributed by atoms with Crippen LogP contribution in [0.15, 0.2) is 30.3 Å². The molecule has 1 saturated heterocycles. The number of benzene rings is 2. The second-order valence-corrected chi connectivity index (χ2v) is 8.49. The molecule has 146 valence electrons. The number of aryl methyl sites for hydroxylation is 2. The predicted octanol–water partition coefficient (Wildman–Crippen LogP) is 6.45. The lowest BCUT2D eigenvalue weighted by Gasteiger charge is -2.23. The first-order valence-electron chi connectivity index (χ1n) is 9.26. The Bertz CT molecular complexity index is 1030. The molecule has 3 nitrogen and oxygen atoms in total. The molecule has 1 unspecified atom stereocenters. The second kappa shape index (κ2) is 7.82. The largest absolute Gasteiger partial charge is 0.465 e. The topological polar surface area (TPSA) is 35.5 Å². The Morgan fingerprint density at radius 2 is 1.96 bits per heavy atom. The highest BCUT2D eigenvalue weighted by Crippen LogP contribution is 2.39. The van der Waals surface area contributed by atoms with Crippen LogP contribution >= 0.6 is 22.9 Å². The van der Waals surface area contributed by atoms with Crippen molar-refractivity contribution in [2.24, 2.45) is 0 Å². The maximum absolute atomic E-state index is 13.6. The van der Waals surface area contributed by atoms with E-state index >= 15 is 0 Å². The van der Waals surface area contributed by atoms with Crippen molar-refractivity contribution in [1.29, 1.82) is 0 Å².